The molecule has 0 radical (unpaired) electrons. The lowest BCUT2D eigenvalue weighted by atomic mass is 10.2. The number of rotatable bonds is 2. The standard InChI is InChI=1S/C19H28N2O4S/c1-15-10-6-7-11-17(15)26(23,24)21-13-9-8-12-20(14-16(21)2)18(22)25-19(3,4)5/h6-11,16H,12-14H2,1-5H3/b9-8-/t16-/m1/s1. The smallest absolute Gasteiger partial charge is 0.410 e. The Morgan fingerprint density at radius 3 is 2.38 bits per heavy atom. The molecule has 1 amide bonds. The molecule has 1 aliphatic heterocycles. The topological polar surface area (TPSA) is 66.9 Å². The number of benzene rings is 1. The second kappa shape index (κ2) is 7.80. The predicted octanol–water partition coefficient (Wildman–Crippen LogP) is 3.18. The summed E-state index contributed by atoms with van der Waals surface area (Å²) in [5.74, 6) is 0. The highest BCUT2D eigenvalue weighted by atomic mass is 32.2. The van der Waals surface area contributed by atoms with Gasteiger partial charge in [0.1, 0.15) is 5.60 Å². The van der Waals surface area contributed by atoms with Crippen LogP contribution >= 0.6 is 0 Å². The van der Waals surface area contributed by atoms with Gasteiger partial charge in [0.2, 0.25) is 10.0 Å². The zero-order valence-corrected chi connectivity index (χ0v) is 16.9. The summed E-state index contributed by atoms with van der Waals surface area (Å²) in [6.45, 7) is 9.97. The van der Waals surface area contributed by atoms with Gasteiger partial charge in [-0.2, -0.15) is 4.31 Å². The minimum atomic E-state index is -3.66. The second-order valence-corrected chi connectivity index (χ2v) is 9.40. The van der Waals surface area contributed by atoms with Crippen molar-refractivity contribution in [3.8, 4) is 0 Å². The summed E-state index contributed by atoms with van der Waals surface area (Å²) in [7, 11) is -3.66. The molecule has 144 valence electrons. The van der Waals surface area contributed by atoms with Crippen LogP contribution in [0, 0.1) is 6.92 Å². The number of ether oxygens (including phenoxy) is 1. The third kappa shape index (κ3) is 4.86. The van der Waals surface area contributed by atoms with Crippen molar-refractivity contribution in [3.63, 3.8) is 0 Å². The van der Waals surface area contributed by atoms with Gasteiger partial charge in [-0.25, -0.2) is 13.2 Å². The zero-order chi connectivity index (χ0) is 19.5. The summed E-state index contributed by atoms with van der Waals surface area (Å²) < 4.78 is 33.2. The number of hydrogen-bond acceptors (Lipinski definition) is 4. The molecule has 0 spiro atoms. The van der Waals surface area contributed by atoms with Crippen LogP contribution in [-0.2, 0) is 14.8 Å². The summed E-state index contributed by atoms with van der Waals surface area (Å²) in [6.07, 6.45) is 3.14. The highest BCUT2D eigenvalue weighted by Gasteiger charge is 2.33. The molecule has 1 heterocycles. The average molecular weight is 381 g/mol. The van der Waals surface area contributed by atoms with Gasteiger partial charge in [-0.15, -0.1) is 0 Å². The number of nitrogens with zero attached hydrogens (tertiary/aromatic N) is 2. The third-order valence-electron chi connectivity index (χ3n) is 4.09. The molecule has 0 saturated carbocycles. The fourth-order valence-corrected chi connectivity index (χ4v) is 4.63. The second-order valence-electron chi connectivity index (χ2n) is 7.55. The fourth-order valence-electron chi connectivity index (χ4n) is 2.83. The number of sulfonamides is 1. The molecule has 2 rings (SSSR count). The Bertz CT molecular complexity index is 781. The molecule has 1 aromatic rings. The van der Waals surface area contributed by atoms with Gasteiger partial charge >= 0.3 is 6.09 Å². The molecule has 0 N–H and O–H groups in total. The molecule has 7 heteroatoms. The van der Waals surface area contributed by atoms with Crippen LogP contribution in [0.2, 0.25) is 0 Å². The summed E-state index contributed by atoms with van der Waals surface area (Å²) >= 11 is 0. The zero-order valence-electron chi connectivity index (χ0n) is 16.1. The molecule has 1 aliphatic rings. The van der Waals surface area contributed by atoms with Crippen molar-refractivity contribution in [2.75, 3.05) is 19.6 Å². The summed E-state index contributed by atoms with van der Waals surface area (Å²) in [6, 6.07) is 6.56. The van der Waals surface area contributed by atoms with E-state index in [9.17, 15) is 13.2 Å². The van der Waals surface area contributed by atoms with Gasteiger partial charge in [0.15, 0.2) is 0 Å². The molecule has 0 fully saturated rings. The van der Waals surface area contributed by atoms with Crippen molar-refractivity contribution in [2.24, 2.45) is 0 Å². The minimum absolute atomic E-state index is 0.268. The lowest BCUT2D eigenvalue weighted by molar-refractivity contribution is 0.0239. The molecule has 0 bridgehead atoms. The maximum Gasteiger partial charge on any atom is 0.410 e. The lowest BCUT2D eigenvalue weighted by Crippen LogP contribution is -2.49. The average Bonchev–Trinajstić information content (AvgIpc) is 2.49. The van der Waals surface area contributed by atoms with Crippen LogP contribution in [0.1, 0.15) is 33.3 Å². The quantitative estimate of drug-likeness (QED) is 0.739. The molecular formula is C19H28N2O4S. The van der Waals surface area contributed by atoms with E-state index in [1.165, 1.54) is 9.21 Å². The highest BCUT2D eigenvalue weighted by molar-refractivity contribution is 7.89. The first-order valence-corrected chi connectivity index (χ1v) is 10.2. The van der Waals surface area contributed by atoms with E-state index in [4.69, 9.17) is 4.74 Å². The van der Waals surface area contributed by atoms with Crippen LogP contribution in [0.5, 0.6) is 0 Å². The molecule has 0 unspecified atom stereocenters. The van der Waals surface area contributed by atoms with Crippen molar-refractivity contribution in [1.82, 2.24) is 9.21 Å². The van der Waals surface area contributed by atoms with Gasteiger partial charge < -0.3 is 9.64 Å². The molecule has 0 saturated heterocycles. The van der Waals surface area contributed by atoms with Gasteiger partial charge in [0, 0.05) is 25.7 Å². The third-order valence-corrected chi connectivity index (χ3v) is 6.23. The van der Waals surface area contributed by atoms with Crippen molar-refractivity contribution >= 4 is 16.1 Å². The van der Waals surface area contributed by atoms with E-state index in [0.29, 0.717) is 17.0 Å². The van der Waals surface area contributed by atoms with Gasteiger partial charge in [0.05, 0.1) is 4.90 Å². The minimum Gasteiger partial charge on any atom is -0.444 e. The van der Waals surface area contributed by atoms with Crippen LogP contribution in [0.3, 0.4) is 0 Å². The number of aryl methyl sites for hydroxylation is 1. The molecule has 26 heavy (non-hydrogen) atoms. The van der Waals surface area contributed by atoms with Crippen molar-refractivity contribution in [1.29, 1.82) is 0 Å². The number of carbonyl (C=O) groups excluding carboxylic acids is 1. The van der Waals surface area contributed by atoms with E-state index in [1.807, 2.05) is 33.8 Å². The Morgan fingerprint density at radius 1 is 1.15 bits per heavy atom. The molecular weight excluding hydrogens is 352 g/mol. The Balaban J connectivity index is 2.27. The van der Waals surface area contributed by atoms with Crippen LogP contribution in [0.15, 0.2) is 41.3 Å². The van der Waals surface area contributed by atoms with E-state index in [-0.39, 0.29) is 19.1 Å². The summed E-state index contributed by atoms with van der Waals surface area (Å²) in [5.41, 5.74) is 0.106. The van der Waals surface area contributed by atoms with Gasteiger partial charge in [-0.1, -0.05) is 30.4 Å². The van der Waals surface area contributed by atoms with Crippen LogP contribution in [0.25, 0.3) is 0 Å². The van der Waals surface area contributed by atoms with E-state index in [1.54, 1.807) is 37.3 Å². The van der Waals surface area contributed by atoms with E-state index >= 15 is 0 Å². The number of hydrogen-bond donors (Lipinski definition) is 0. The van der Waals surface area contributed by atoms with E-state index in [2.05, 4.69) is 0 Å². The Hall–Kier alpha value is -1.86. The van der Waals surface area contributed by atoms with E-state index in [0.717, 1.165) is 0 Å². The van der Waals surface area contributed by atoms with Crippen molar-refractivity contribution in [2.45, 2.75) is 51.2 Å². The van der Waals surface area contributed by atoms with Crippen LogP contribution in [0.4, 0.5) is 4.79 Å². The van der Waals surface area contributed by atoms with Crippen LogP contribution < -0.4 is 0 Å². The van der Waals surface area contributed by atoms with Gasteiger partial charge in [-0.05, 0) is 46.2 Å². The van der Waals surface area contributed by atoms with Crippen LogP contribution in [-0.4, -0.2) is 55.0 Å². The summed E-state index contributed by atoms with van der Waals surface area (Å²) in [5, 5.41) is 0. The Labute approximate surface area is 156 Å². The monoisotopic (exact) mass is 380 g/mol. The normalized spacial score (nSPS) is 21.0. The molecule has 1 aromatic carbocycles. The summed E-state index contributed by atoms with van der Waals surface area (Å²) in [4.78, 5) is 14.2. The fraction of sp³-hybridized carbons (Fsp3) is 0.526. The SMILES string of the molecule is Cc1ccccc1S(=O)(=O)N1C/C=C\CN(C(=O)OC(C)(C)C)C[C@H]1C. The molecule has 1 atom stereocenters. The number of amides is 1. The Kier molecular flexibility index (Phi) is 6.13. The van der Waals surface area contributed by atoms with Gasteiger partial charge in [-0.3, -0.25) is 0 Å². The predicted molar refractivity (Wildman–Crippen MR) is 101 cm³/mol. The Morgan fingerprint density at radius 2 is 1.77 bits per heavy atom. The van der Waals surface area contributed by atoms with E-state index < -0.39 is 21.7 Å². The highest BCUT2D eigenvalue weighted by Crippen LogP contribution is 2.23. The largest absolute Gasteiger partial charge is 0.444 e. The first kappa shape index (κ1) is 20.5. The van der Waals surface area contributed by atoms with Crippen molar-refractivity contribution in [3.05, 3.63) is 42.0 Å². The maximum atomic E-state index is 13.1. The lowest BCUT2D eigenvalue weighted by Gasteiger charge is -2.34. The maximum absolute atomic E-state index is 13.1. The van der Waals surface area contributed by atoms with Gasteiger partial charge in [0.25, 0.3) is 0 Å². The van der Waals surface area contributed by atoms with Crippen molar-refractivity contribution < 1.29 is 17.9 Å². The first-order chi connectivity index (χ1) is 12.0. The first-order valence-electron chi connectivity index (χ1n) is 8.73. The molecule has 6 nitrogen and oxygen atoms in total. The molecule has 0 aliphatic carbocycles. The number of carbonyl (C=O) groups is 1. The molecule has 0 aromatic heterocycles.